The zero-order chi connectivity index (χ0) is 12.6. The lowest BCUT2D eigenvalue weighted by Gasteiger charge is -2.05. The Balaban J connectivity index is 2.65. The van der Waals surface area contributed by atoms with Gasteiger partial charge in [0.05, 0.1) is 5.69 Å². The van der Waals surface area contributed by atoms with Gasteiger partial charge in [0.2, 0.25) is 5.82 Å². The van der Waals surface area contributed by atoms with Gasteiger partial charge in [-0.1, -0.05) is 11.6 Å². The molecule has 0 spiro atoms. The largest absolute Gasteiger partial charge is 0.304 e. The van der Waals surface area contributed by atoms with Crippen molar-refractivity contribution >= 4 is 27.5 Å². The van der Waals surface area contributed by atoms with Crippen LogP contribution in [0.3, 0.4) is 0 Å². The second-order valence-electron chi connectivity index (χ2n) is 3.44. The first kappa shape index (κ1) is 12.3. The second-order valence-corrected chi connectivity index (χ2v) is 4.73. The summed E-state index contributed by atoms with van der Waals surface area (Å²) in [7, 11) is 0. The number of aromatic amines is 1. The van der Waals surface area contributed by atoms with E-state index >= 15 is 0 Å². The fourth-order valence-electron chi connectivity index (χ4n) is 1.38. The number of hydrogen-bond donors (Lipinski definition) is 1. The molecule has 17 heavy (non-hydrogen) atoms. The predicted molar refractivity (Wildman–Crippen MR) is 67.7 cm³/mol. The average Bonchev–Trinajstić information content (AvgIpc) is 2.25. The van der Waals surface area contributed by atoms with Crippen molar-refractivity contribution in [3.8, 4) is 11.4 Å². The summed E-state index contributed by atoms with van der Waals surface area (Å²) >= 11 is 9.12. The summed E-state index contributed by atoms with van der Waals surface area (Å²) in [5.74, 6) is -0.559. The maximum atomic E-state index is 13.2. The van der Waals surface area contributed by atoms with Crippen LogP contribution in [0.5, 0.6) is 0 Å². The highest BCUT2D eigenvalue weighted by molar-refractivity contribution is 9.10. The van der Waals surface area contributed by atoms with Gasteiger partial charge < -0.3 is 4.98 Å². The van der Waals surface area contributed by atoms with Crippen LogP contribution in [-0.4, -0.2) is 9.97 Å². The molecule has 0 radical (unpaired) electrons. The Kier molecular flexibility index (Phi) is 3.31. The third-order valence-electron chi connectivity index (χ3n) is 2.21. The van der Waals surface area contributed by atoms with Gasteiger partial charge in [0, 0.05) is 15.1 Å². The van der Waals surface area contributed by atoms with E-state index in [4.69, 9.17) is 11.6 Å². The Morgan fingerprint density at radius 1 is 1.47 bits per heavy atom. The highest BCUT2D eigenvalue weighted by atomic mass is 79.9. The lowest BCUT2D eigenvalue weighted by Crippen LogP contribution is -2.15. The predicted octanol–water partition coefficient (Wildman–Crippen LogP) is 3.30. The summed E-state index contributed by atoms with van der Waals surface area (Å²) in [5, 5.41) is 0.557. The molecule has 2 rings (SSSR count). The number of nitrogens with zero attached hydrogens (tertiary/aromatic N) is 1. The van der Waals surface area contributed by atoms with Crippen molar-refractivity contribution in [3.63, 3.8) is 0 Å². The molecule has 3 nitrogen and oxygen atoms in total. The Bertz CT molecular complexity index is 642. The zero-order valence-corrected chi connectivity index (χ0v) is 11.1. The standard InChI is InChI=1S/C11H7BrClFN2O/c1-5-9(14)11(17)16-10(15-5)7-3-2-6(13)4-8(7)12/h2-4H,1H3,(H,15,16,17). The molecule has 0 aliphatic carbocycles. The van der Waals surface area contributed by atoms with Crippen molar-refractivity contribution in [1.82, 2.24) is 9.97 Å². The molecule has 0 bridgehead atoms. The first-order valence-electron chi connectivity index (χ1n) is 4.71. The monoisotopic (exact) mass is 316 g/mol. The molecule has 1 N–H and O–H groups in total. The molecule has 0 saturated heterocycles. The minimum Gasteiger partial charge on any atom is -0.304 e. The lowest BCUT2D eigenvalue weighted by atomic mass is 10.2. The van der Waals surface area contributed by atoms with Crippen LogP contribution in [0.25, 0.3) is 11.4 Å². The molecule has 1 heterocycles. The van der Waals surface area contributed by atoms with E-state index < -0.39 is 11.4 Å². The molecule has 0 aliphatic rings. The summed E-state index contributed by atoms with van der Waals surface area (Å²) < 4.78 is 13.8. The number of aryl methyl sites for hydroxylation is 1. The van der Waals surface area contributed by atoms with Crippen LogP contribution in [0.1, 0.15) is 5.69 Å². The van der Waals surface area contributed by atoms with Gasteiger partial charge >= 0.3 is 0 Å². The van der Waals surface area contributed by atoms with Crippen LogP contribution in [0, 0.1) is 12.7 Å². The van der Waals surface area contributed by atoms with E-state index in [0.29, 0.717) is 20.9 Å². The smallest absolute Gasteiger partial charge is 0.287 e. The first-order chi connectivity index (χ1) is 7.99. The first-order valence-corrected chi connectivity index (χ1v) is 5.88. The number of aromatic nitrogens is 2. The molecule has 2 aromatic rings. The molecule has 0 fully saturated rings. The van der Waals surface area contributed by atoms with Crippen molar-refractivity contribution in [1.29, 1.82) is 0 Å². The summed E-state index contributed by atoms with van der Waals surface area (Å²) in [4.78, 5) is 17.7. The Morgan fingerprint density at radius 3 is 2.76 bits per heavy atom. The van der Waals surface area contributed by atoms with Gasteiger partial charge in [0.15, 0.2) is 0 Å². The molecule has 1 aromatic heterocycles. The summed E-state index contributed by atoms with van der Waals surface area (Å²) in [6.07, 6.45) is 0. The van der Waals surface area contributed by atoms with Gasteiger partial charge in [-0.2, -0.15) is 4.39 Å². The van der Waals surface area contributed by atoms with Gasteiger partial charge in [-0.3, -0.25) is 4.79 Å². The Morgan fingerprint density at radius 2 is 2.18 bits per heavy atom. The van der Waals surface area contributed by atoms with Crippen LogP contribution in [0.15, 0.2) is 27.5 Å². The maximum absolute atomic E-state index is 13.2. The highest BCUT2D eigenvalue weighted by Gasteiger charge is 2.11. The fraction of sp³-hybridized carbons (Fsp3) is 0.0909. The minimum absolute atomic E-state index is 0.0607. The number of nitrogens with one attached hydrogen (secondary N) is 1. The van der Waals surface area contributed by atoms with E-state index in [1.807, 2.05) is 0 Å². The van der Waals surface area contributed by atoms with Gasteiger partial charge in [-0.15, -0.1) is 0 Å². The number of H-pyrrole nitrogens is 1. The van der Waals surface area contributed by atoms with Gasteiger partial charge in [0.25, 0.3) is 5.56 Å². The van der Waals surface area contributed by atoms with Crippen LogP contribution >= 0.6 is 27.5 Å². The Labute approximate surface area is 110 Å². The van der Waals surface area contributed by atoms with E-state index in [0.717, 1.165) is 0 Å². The number of rotatable bonds is 1. The second kappa shape index (κ2) is 4.58. The van der Waals surface area contributed by atoms with Gasteiger partial charge in [-0.05, 0) is 41.1 Å². The number of benzene rings is 1. The summed E-state index contributed by atoms with van der Waals surface area (Å²) in [6, 6.07) is 5.04. The topological polar surface area (TPSA) is 45.8 Å². The number of halogens is 3. The SMILES string of the molecule is Cc1nc(-c2ccc(Cl)cc2Br)[nH]c(=O)c1F. The third-order valence-corrected chi connectivity index (χ3v) is 3.11. The van der Waals surface area contributed by atoms with Crippen LogP contribution < -0.4 is 5.56 Å². The lowest BCUT2D eigenvalue weighted by molar-refractivity contribution is 0.589. The normalized spacial score (nSPS) is 10.6. The molecule has 0 aliphatic heterocycles. The van der Waals surface area contributed by atoms with Gasteiger partial charge in [0.1, 0.15) is 5.82 Å². The van der Waals surface area contributed by atoms with Gasteiger partial charge in [-0.25, -0.2) is 4.98 Å². The molecule has 0 amide bonds. The van der Waals surface area contributed by atoms with Crippen molar-refractivity contribution in [2.24, 2.45) is 0 Å². The molecule has 6 heteroatoms. The van der Waals surface area contributed by atoms with Crippen molar-refractivity contribution in [2.45, 2.75) is 6.92 Å². The quantitative estimate of drug-likeness (QED) is 0.877. The summed E-state index contributed by atoms with van der Waals surface area (Å²) in [6.45, 7) is 1.44. The van der Waals surface area contributed by atoms with Crippen molar-refractivity contribution in [3.05, 3.63) is 49.6 Å². The zero-order valence-electron chi connectivity index (χ0n) is 8.72. The molecule has 0 atom stereocenters. The highest BCUT2D eigenvalue weighted by Crippen LogP contribution is 2.28. The molecule has 88 valence electrons. The van der Waals surface area contributed by atoms with E-state index in [9.17, 15) is 9.18 Å². The van der Waals surface area contributed by atoms with E-state index in [2.05, 4.69) is 25.9 Å². The van der Waals surface area contributed by atoms with Crippen LogP contribution in [-0.2, 0) is 0 Å². The molecule has 0 unspecified atom stereocenters. The minimum atomic E-state index is -0.862. The summed E-state index contributed by atoms with van der Waals surface area (Å²) in [5.41, 5.74) is -0.0745. The fourth-order valence-corrected chi connectivity index (χ4v) is 2.25. The molecule has 1 aromatic carbocycles. The number of hydrogen-bond acceptors (Lipinski definition) is 2. The Hall–Kier alpha value is -1.20. The van der Waals surface area contributed by atoms with Crippen LogP contribution in [0.2, 0.25) is 5.02 Å². The van der Waals surface area contributed by atoms with E-state index in [1.54, 1.807) is 18.2 Å². The maximum Gasteiger partial charge on any atom is 0.287 e. The molecular weight excluding hydrogens is 310 g/mol. The molecule has 0 saturated carbocycles. The van der Waals surface area contributed by atoms with Crippen molar-refractivity contribution in [2.75, 3.05) is 0 Å². The van der Waals surface area contributed by atoms with Crippen LogP contribution in [0.4, 0.5) is 4.39 Å². The molecular formula is C11H7BrClFN2O. The van der Waals surface area contributed by atoms with E-state index in [-0.39, 0.29) is 5.69 Å². The van der Waals surface area contributed by atoms with Crippen molar-refractivity contribution < 1.29 is 4.39 Å². The third kappa shape index (κ3) is 2.40. The average molecular weight is 318 g/mol. The van der Waals surface area contributed by atoms with E-state index in [1.165, 1.54) is 6.92 Å².